The Hall–Kier alpha value is -1.07. The summed E-state index contributed by atoms with van der Waals surface area (Å²) in [6, 6.07) is 0. The van der Waals surface area contributed by atoms with E-state index >= 15 is 0 Å². The summed E-state index contributed by atoms with van der Waals surface area (Å²) in [4.78, 5) is 15.0. The summed E-state index contributed by atoms with van der Waals surface area (Å²) in [6.07, 6.45) is 1.40. The maximum Gasteiger partial charge on any atom is 0.375 e. The Morgan fingerprint density at radius 2 is 2.43 bits per heavy atom. The highest BCUT2D eigenvalue weighted by Gasteiger charge is 2.25. The van der Waals surface area contributed by atoms with Crippen LogP contribution in [-0.2, 0) is 4.74 Å². The average molecular weight is 219 g/mol. The van der Waals surface area contributed by atoms with Crippen LogP contribution in [0.2, 0.25) is 0 Å². The molecule has 0 bridgehead atoms. The first-order valence-corrected chi connectivity index (χ1v) is 4.06. The van der Waals surface area contributed by atoms with E-state index in [4.69, 9.17) is 4.42 Å². The highest BCUT2D eigenvalue weighted by Crippen LogP contribution is 2.19. The van der Waals surface area contributed by atoms with Gasteiger partial charge >= 0.3 is 5.97 Å². The number of hydrogen-bond donors (Lipinski definition) is 1. The van der Waals surface area contributed by atoms with E-state index < -0.39 is 5.97 Å². The first-order valence-electron chi connectivity index (χ1n) is 4.06. The maximum absolute atomic E-state index is 11.0. The molecule has 2 rings (SSSR count). The lowest BCUT2D eigenvalue weighted by Crippen LogP contribution is -2.40. The molecule has 1 saturated heterocycles. The van der Waals surface area contributed by atoms with Crippen molar-refractivity contribution < 1.29 is 13.9 Å². The summed E-state index contributed by atoms with van der Waals surface area (Å²) >= 11 is 0. The van der Waals surface area contributed by atoms with Crippen molar-refractivity contribution >= 4 is 18.4 Å². The van der Waals surface area contributed by atoms with E-state index in [1.165, 1.54) is 13.3 Å². The van der Waals surface area contributed by atoms with Crippen molar-refractivity contribution in [1.82, 2.24) is 10.3 Å². The molecule has 6 heteroatoms. The molecule has 1 fully saturated rings. The molecule has 0 aromatic carbocycles. The Balaban J connectivity index is 0.000000980. The summed E-state index contributed by atoms with van der Waals surface area (Å²) in [5, 5.41) is 3.10. The number of ether oxygens (including phenoxy) is 1. The number of nitrogens with zero attached hydrogens (tertiary/aromatic N) is 1. The van der Waals surface area contributed by atoms with Gasteiger partial charge in [0.1, 0.15) is 0 Å². The number of rotatable bonds is 2. The van der Waals surface area contributed by atoms with E-state index in [0.29, 0.717) is 11.8 Å². The molecule has 0 atom stereocenters. The van der Waals surface area contributed by atoms with Crippen LogP contribution < -0.4 is 5.32 Å². The lowest BCUT2D eigenvalue weighted by molar-refractivity contribution is 0.0561. The van der Waals surface area contributed by atoms with E-state index in [2.05, 4.69) is 15.0 Å². The van der Waals surface area contributed by atoms with Gasteiger partial charge in [-0.25, -0.2) is 9.78 Å². The van der Waals surface area contributed by atoms with Gasteiger partial charge in [-0.1, -0.05) is 0 Å². The molecule has 1 aliphatic heterocycles. The smallest absolute Gasteiger partial charge is 0.375 e. The van der Waals surface area contributed by atoms with E-state index in [1.54, 1.807) is 0 Å². The molecule has 1 N–H and O–H groups in total. The number of aromatic nitrogens is 1. The number of carbonyl (C=O) groups is 1. The fraction of sp³-hybridized carbons (Fsp3) is 0.500. The minimum absolute atomic E-state index is 0. The molecule has 1 aliphatic rings. The molecule has 0 unspecified atom stereocenters. The van der Waals surface area contributed by atoms with Gasteiger partial charge in [0.05, 0.1) is 19.2 Å². The number of carbonyl (C=O) groups excluding carboxylic acids is 1. The minimum atomic E-state index is -0.481. The van der Waals surface area contributed by atoms with Gasteiger partial charge < -0.3 is 14.5 Å². The summed E-state index contributed by atoms with van der Waals surface area (Å²) in [5.74, 6) is 0.605. The molecular formula is C8H11ClN2O3. The summed E-state index contributed by atoms with van der Waals surface area (Å²) in [5.41, 5.74) is 0. The number of methoxy groups -OCH3 is 1. The SMILES string of the molecule is COC(=O)c1cnc(C2CNC2)o1.Cl. The molecule has 1 aromatic rings. The second-order valence-corrected chi connectivity index (χ2v) is 2.91. The van der Waals surface area contributed by atoms with Crippen LogP contribution in [-0.4, -0.2) is 31.2 Å². The van der Waals surface area contributed by atoms with Crippen molar-refractivity contribution in [3.05, 3.63) is 17.8 Å². The van der Waals surface area contributed by atoms with Gasteiger partial charge in [-0.3, -0.25) is 0 Å². The van der Waals surface area contributed by atoms with Gasteiger partial charge in [-0.05, 0) is 0 Å². The van der Waals surface area contributed by atoms with Crippen molar-refractivity contribution in [2.75, 3.05) is 20.2 Å². The van der Waals surface area contributed by atoms with Crippen LogP contribution in [0, 0.1) is 0 Å². The van der Waals surface area contributed by atoms with E-state index in [1.807, 2.05) is 0 Å². The molecule has 0 radical (unpaired) electrons. The van der Waals surface area contributed by atoms with Crippen LogP contribution in [0.5, 0.6) is 0 Å². The van der Waals surface area contributed by atoms with Gasteiger partial charge in [0.2, 0.25) is 11.7 Å². The third-order valence-corrected chi connectivity index (χ3v) is 2.04. The van der Waals surface area contributed by atoms with Crippen LogP contribution in [0.3, 0.4) is 0 Å². The molecule has 0 amide bonds. The first-order chi connectivity index (χ1) is 6.31. The Bertz CT molecular complexity index is 322. The van der Waals surface area contributed by atoms with Gasteiger partial charge in [-0.2, -0.15) is 0 Å². The van der Waals surface area contributed by atoms with Gasteiger partial charge in [-0.15, -0.1) is 12.4 Å². The topological polar surface area (TPSA) is 64.4 Å². The Kier molecular flexibility index (Phi) is 3.49. The van der Waals surface area contributed by atoms with E-state index in [9.17, 15) is 4.79 Å². The fourth-order valence-corrected chi connectivity index (χ4v) is 1.13. The summed E-state index contributed by atoms with van der Waals surface area (Å²) in [7, 11) is 1.31. The molecule has 0 aliphatic carbocycles. The standard InChI is InChI=1S/C8H10N2O3.ClH/c1-12-8(11)6-4-10-7(13-6)5-2-9-3-5;/h4-5,9H,2-3H2,1H3;1H. The average Bonchev–Trinajstić information content (AvgIpc) is 2.49. The fourth-order valence-electron chi connectivity index (χ4n) is 1.13. The third kappa shape index (κ3) is 1.88. The quantitative estimate of drug-likeness (QED) is 0.736. The minimum Gasteiger partial charge on any atom is -0.463 e. The van der Waals surface area contributed by atoms with Crippen molar-refractivity contribution in [2.24, 2.45) is 0 Å². The monoisotopic (exact) mass is 218 g/mol. The van der Waals surface area contributed by atoms with Crippen LogP contribution in [0.15, 0.2) is 10.6 Å². The van der Waals surface area contributed by atoms with E-state index in [0.717, 1.165) is 13.1 Å². The summed E-state index contributed by atoms with van der Waals surface area (Å²) in [6.45, 7) is 1.72. The van der Waals surface area contributed by atoms with E-state index in [-0.39, 0.29) is 18.2 Å². The zero-order chi connectivity index (χ0) is 9.26. The zero-order valence-electron chi connectivity index (χ0n) is 7.65. The molecular weight excluding hydrogens is 208 g/mol. The predicted octanol–water partition coefficient (Wildman–Crippen LogP) is 0.570. The number of oxazole rings is 1. The third-order valence-electron chi connectivity index (χ3n) is 2.04. The molecule has 78 valence electrons. The van der Waals surface area contributed by atoms with Crippen LogP contribution >= 0.6 is 12.4 Å². The number of esters is 1. The van der Waals surface area contributed by atoms with Gasteiger partial charge in [0.25, 0.3) is 0 Å². The van der Waals surface area contributed by atoms with Crippen molar-refractivity contribution in [3.8, 4) is 0 Å². The second kappa shape index (κ2) is 4.43. The predicted molar refractivity (Wildman–Crippen MR) is 50.7 cm³/mol. The van der Waals surface area contributed by atoms with Gasteiger partial charge in [0, 0.05) is 13.1 Å². The van der Waals surface area contributed by atoms with Crippen molar-refractivity contribution in [3.63, 3.8) is 0 Å². The Labute approximate surface area is 87.2 Å². The Morgan fingerprint density at radius 3 is 2.93 bits per heavy atom. The lowest BCUT2D eigenvalue weighted by atomic mass is 10.0. The van der Waals surface area contributed by atoms with Crippen LogP contribution in [0.1, 0.15) is 22.4 Å². The maximum atomic E-state index is 11.0. The highest BCUT2D eigenvalue weighted by molar-refractivity contribution is 5.85. The Morgan fingerprint density at radius 1 is 1.71 bits per heavy atom. The number of nitrogens with one attached hydrogen (secondary N) is 1. The lowest BCUT2D eigenvalue weighted by Gasteiger charge is -2.23. The second-order valence-electron chi connectivity index (χ2n) is 2.91. The molecule has 2 heterocycles. The summed E-state index contributed by atoms with van der Waals surface area (Å²) < 4.78 is 9.71. The normalized spacial score (nSPS) is 15.5. The first kappa shape index (κ1) is 11.0. The van der Waals surface area contributed by atoms with Crippen LogP contribution in [0.25, 0.3) is 0 Å². The van der Waals surface area contributed by atoms with Crippen LogP contribution in [0.4, 0.5) is 0 Å². The number of hydrogen-bond acceptors (Lipinski definition) is 5. The van der Waals surface area contributed by atoms with Crippen molar-refractivity contribution in [2.45, 2.75) is 5.92 Å². The highest BCUT2D eigenvalue weighted by atomic mass is 35.5. The largest absolute Gasteiger partial charge is 0.463 e. The molecule has 14 heavy (non-hydrogen) atoms. The van der Waals surface area contributed by atoms with Gasteiger partial charge in [0.15, 0.2) is 0 Å². The molecule has 5 nitrogen and oxygen atoms in total. The zero-order valence-corrected chi connectivity index (χ0v) is 8.47. The molecule has 0 spiro atoms. The number of halogens is 1. The molecule has 0 saturated carbocycles. The van der Waals surface area contributed by atoms with Crippen molar-refractivity contribution in [1.29, 1.82) is 0 Å². The molecule has 1 aromatic heterocycles.